The van der Waals surface area contributed by atoms with Crippen LogP contribution in [0.4, 0.5) is 5.13 Å². The van der Waals surface area contributed by atoms with E-state index in [2.05, 4.69) is 10.3 Å². The summed E-state index contributed by atoms with van der Waals surface area (Å²) in [6.45, 7) is 8.93. The Morgan fingerprint density at radius 3 is 2.35 bits per heavy atom. The number of aromatic nitrogens is 1. The minimum Gasteiger partial charge on any atom is -0.337 e. The number of carbonyl (C=O) groups is 4. The highest BCUT2D eigenvalue weighted by atomic mass is 32.1. The summed E-state index contributed by atoms with van der Waals surface area (Å²) in [6, 6.07) is 5.70. The van der Waals surface area contributed by atoms with Crippen LogP contribution in [0, 0.1) is 11.8 Å². The van der Waals surface area contributed by atoms with Gasteiger partial charge in [0.1, 0.15) is 6.04 Å². The van der Waals surface area contributed by atoms with Crippen LogP contribution in [0.15, 0.2) is 24.3 Å². The molecule has 0 bridgehead atoms. The van der Waals surface area contributed by atoms with Crippen molar-refractivity contribution in [2.24, 2.45) is 11.8 Å². The summed E-state index contributed by atoms with van der Waals surface area (Å²) in [6.07, 6.45) is 1.76. The number of carbonyl (C=O) groups excluding carboxylic acids is 4. The van der Waals surface area contributed by atoms with Crippen molar-refractivity contribution in [3.05, 3.63) is 46.0 Å². The monoisotopic (exact) mass is 482 g/mol. The van der Waals surface area contributed by atoms with Crippen molar-refractivity contribution in [3.63, 3.8) is 0 Å². The summed E-state index contributed by atoms with van der Waals surface area (Å²) in [7, 11) is 0. The van der Waals surface area contributed by atoms with Crippen LogP contribution in [0.1, 0.15) is 71.8 Å². The van der Waals surface area contributed by atoms with Crippen LogP contribution in [0.25, 0.3) is 0 Å². The minimum atomic E-state index is -0.942. The Morgan fingerprint density at radius 2 is 1.76 bits per heavy atom. The Hall–Kier alpha value is -3.07. The largest absolute Gasteiger partial charge is 0.337 e. The molecule has 3 heterocycles. The van der Waals surface area contributed by atoms with E-state index in [1.807, 2.05) is 32.6 Å². The lowest BCUT2D eigenvalue weighted by Crippen LogP contribution is -2.50. The molecular formula is C25H30N4O4S. The molecule has 2 aromatic rings. The molecule has 0 spiro atoms. The number of imide groups is 1. The molecule has 4 amide bonds. The van der Waals surface area contributed by atoms with Crippen molar-refractivity contribution in [2.45, 2.75) is 59.5 Å². The average Bonchev–Trinajstić information content (AvgIpc) is 3.31. The Morgan fingerprint density at radius 1 is 1.12 bits per heavy atom. The first-order valence-corrected chi connectivity index (χ1v) is 12.6. The van der Waals surface area contributed by atoms with Crippen LogP contribution in [0.2, 0.25) is 0 Å². The standard InChI is InChI=1S/C25H30N4O4S/c1-5-15(4)21(29-23(32)16-8-6-7-9-17(16)24(29)33)22(31)27-25-26-18-10-11-28(13-19(18)34-25)20(30)12-14(2)3/h6-9,14-15,21H,5,10-13H2,1-4H3,(H,26,27,31). The average molecular weight is 483 g/mol. The molecule has 0 saturated carbocycles. The summed E-state index contributed by atoms with van der Waals surface area (Å²) in [5, 5.41) is 3.28. The number of anilines is 1. The quantitative estimate of drug-likeness (QED) is 0.607. The summed E-state index contributed by atoms with van der Waals surface area (Å²) < 4.78 is 0. The smallest absolute Gasteiger partial charge is 0.262 e. The fourth-order valence-electron chi connectivity index (χ4n) is 4.43. The fraction of sp³-hybridized carbons (Fsp3) is 0.480. The van der Waals surface area contributed by atoms with Gasteiger partial charge in [-0.15, -0.1) is 0 Å². The molecule has 34 heavy (non-hydrogen) atoms. The van der Waals surface area contributed by atoms with Crippen molar-refractivity contribution < 1.29 is 19.2 Å². The van der Waals surface area contributed by atoms with E-state index in [1.54, 1.807) is 24.3 Å². The van der Waals surface area contributed by atoms with E-state index in [0.29, 0.717) is 54.5 Å². The van der Waals surface area contributed by atoms with Crippen molar-refractivity contribution in [1.29, 1.82) is 0 Å². The Balaban J connectivity index is 1.52. The predicted molar refractivity (Wildman–Crippen MR) is 130 cm³/mol. The Kier molecular flexibility index (Phi) is 6.84. The fourth-order valence-corrected chi connectivity index (χ4v) is 5.46. The summed E-state index contributed by atoms with van der Waals surface area (Å²) in [4.78, 5) is 60.4. The maximum Gasteiger partial charge on any atom is 0.262 e. The number of benzene rings is 1. The SMILES string of the molecule is CCC(C)C(C(=O)Nc1nc2c(s1)CN(C(=O)CC(C)C)CC2)N1C(=O)c2ccccc2C1=O. The predicted octanol–water partition coefficient (Wildman–Crippen LogP) is 3.72. The van der Waals surface area contributed by atoms with Gasteiger partial charge in [-0.3, -0.25) is 24.1 Å². The topological polar surface area (TPSA) is 99.7 Å². The van der Waals surface area contributed by atoms with Gasteiger partial charge in [-0.1, -0.05) is 57.6 Å². The zero-order valence-electron chi connectivity index (χ0n) is 20.0. The summed E-state index contributed by atoms with van der Waals surface area (Å²) in [5.41, 5.74) is 1.53. The van der Waals surface area contributed by atoms with E-state index in [1.165, 1.54) is 11.3 Å². The number of thiazole rings is 1. The molecule has 1 aromatic heterocycles. The molecule has 0 aliphatic carbocycles. The van der Waals surface area contributed by atoms with Gasteiger partial charge in [-0.25, -0.2) is 4.98 Å². The number of amides is 4. The second-order valence-corrected chi connectivity index (χ2v) is 10.5. The summed E-state index contributed by atoms with van der Waals surface area (Å²) >= 11 is 1.35. The van der Waals surface area contributed by atoms with Gasteiger partial charge in [0.25, 0.3) is 11.8 Å². The van der Waals surface area contributed by atoms with Crippen LogP contribution in [0.5, 0.6) is 0 Å². The summed E-state index contributed by atoms with van der Waals surface area (Å²) in [5.74, 6) is -1.13. The van der Waals surface area contributed by atoms with Gasteiger partial charge in [-0.2, -0.15) is 0 Å². The van der Waals surface area contributed by atoms with E-state index in [9.17, 15) is 19.2 Å². The van der Waals surface area contributed by atoms with E-state index in [-0.39, 0.29) is 11.8 Å². The van der Waals surface area contributed by atoms with Crippen molar-refractivity contribution >= 4 is 40.1 Å². The number of fused-ring (bicyclic) bond motifs is 2. The number of nitrogens with one attached hydrogen (secondary N) is 1. The highest BCUT2D eigenvalue weighted by Crippen LogP contribution is 2.32. The highest BCUT2D eigenvalue weighted by Gasteiger charge is 2.44. The van der Waals surface area contributed by atoms with Crippen LogP contribution < -0.4 is 5.32 Å². The molecule has 4 rings (SSSR count). The van der Waals surface area contributed by atoms with Gasteiger partial charge in [0.15, 0.2) is 5.13 Å². The third-order valence-electron chi connectivity index (χ3n) is 6.45. The van der Waals surface area contributed by atoms with Gasteiger partial charge in [0.05, 0.1) is 23.4 Å². The Bertz CT molecular complexity index is 1110. The van der Waals surface area contributed by atoms with Crippen LogP contribution in [-0.4, -0.2) is 51.0 Å². The van der Waals surface area contributed by atoms with Crippen LogP contribution in [0.3, 0.4) is 0 Å². The van der Waals surface area contributed by atoms with Crippen molar-refractivity contribution in [2.75, 3.05) is 11.9 Å². The lowest BCUT2D eigenvalue weighted by molar-refractivity contribution is -0.132. The molecule has 9 heteroatoms. The molecule has 1 aromatic carbocycles. The molecule has 0 radical (unpaired) electrons. The zero-order valence-corrected chi connectivity index (χ0v) is 20.8. The van der Waals surface area contributed by atoms with Crippen LogP contribution in [-0.2, 0) is 22.6 Å². The molecule has 2 atom stereocenters. The zero-order chi connectivity index (χ0) is 24.6. The second kappa shape index (κ2) is 9.66. The Labute approximate surface area is 203 Å². The normalized spacial score (nSPS) is 17.0. The van der Waals surface area contributed by atoms with Gasteiger partial charge >= 0.3 is 0 Å². The number of hydrogen-bond acceptors (Lipinski definition) is 6. The minimum absolute atomic E-state index is 0.127. The second-order valence-electron chi connectivity index (χ2n) is 9.40. The molecule has 0 fully saturated rings. The highest BCUT2D eigenvalue weighted by molar-refractivity contribution is 7.15. The molecule has 2 aliphatic heterocycles. The molecule has 1 N–H and O–H groups in total. The number of nitrogens with zero attached hydrogens (tertiary/aromatic N) is 3. The maximum atomic E-state index is 13.4. The first kappa shape index (κ1) is 24.1. The van der Waals surface area contributed by atoms with Crippen LogP contribution >= 0.6 is 11.3 Å². The maximum absolute atomic E-state index is 13.4. The van der Waals surface area contributed by atoms with Gasteiger partial charge in [0, 0.05) is 24.3 Å². The van der Waals surface area contributed by atoms with Crippen molar-refractivity contribution in [3.8, 4) is 0 Å². The first-order valence-electron chi connectivity index (χ1n) is 11.7. The third kappa shape index (κ3) is 4.49. The van der Waals surface area contributed by atoms with Gasteiger partial charge < -0.3 is 10.2 Å². The lowest BCUT2D eigenvalue weighted by Gasteiger charge is -2.29. The van der Waals surface area contributed by atoms with E-state index in [4.69, 9.17) is 0 Å². The number of rotatable bonds is 7. The molecule has 180 valence electrons. The van der Waals surface area contributed by atoms with E-state index in [0.717, 1.165) is 15.5 Å². The molecule has 2 aliphatic rings. The van der Waals surface area contributed by atoms with Crippen molar-refractivity contribution in [1.82, 2.24) is 14.8 Å². The number of hydrogen-bond donors (Lipinski definition) is 1. The third-order valence-corrected chi connectivity index (χ3v) is 7.45. The van der Waals surface area contributed by atoms with Gasteiger partial charge in [-0.05, 0) is 24.0 Å². The molecule has 8 nitrogen and oxygen atoms in total. The first-order chi connectivity index (χ1) is 16.2. The molecule has 2 unspecified atom stereocenters. The van der Waals surface area contributed by atoms with E-state index >= 15 is 0 Å². The lowest BCUT2D eigenvalue weighted by atomic mass is 9.96. The molecular weight excluding hydrogens is 452 g/mol. The molecule has 0 saturated heterocycles. The van der Waals surface area contributed by atoms with E-state index < -0.39 is 23.8 Å². The van der Waals surface area contributed by atoms with Gasteiger partial charge in [0.2, 0.25) is 11.8 Å².